The second-order valence-corrected chi connectivity index (χ2v) is 14.3. The fraction of sp³-hybridized carbons (Fsp3) is 0.900. The van der Waals surface area contributed by atoms with Crippen LogP contribution in [0.15, 0.2) is 11.1 Å². The number of allylic oxidation sites excluding steroid dienone is 2. The standard InChI is InChI=1S/C30H48O4/c1-18-16-20(34-25(18)32)17-19(2)30(33)15-14-28(6)22-8-9-23-26(3,4)24(31)11-12-27(23,5)21(22)10-13-29(28,30)7/h18-20,23-24,31,33H,8-17H2,1-7H3. The molecular weight excluding hydrogens is 424 g/mol. The average Bonchev–Trinajstić information content (AvgIpc) is 3.19. The number of carbonyl (C=O) groups is 1. The third-order valence-corrected chi connectivity index (χ3v) is 12.7. The first-order valence-corrected chi connectivity index (χ1v) is 14.0. The number of ether oxygens (including phenoxy) is 1. The highest BCUT2D eigenvalue weighted by atomic mass is 16.5. The summed E-state index contributed by atoms with van der Waals surface area (Å²) in [7, 11) is 0. The molecular formula is C30H48O4. The molecule has 1 heterocycles. The van der Waals surface area contributed by atoms with Gasteiger partial charge in [-0.15, -0.1) is 0 Å². The average molecular weight is 473 g/mol. The number of fused-ring (bicyclic) bond motifs is 4. The van der Waals surface area contributed by atoms with Crippen molar-refractivity contribution in [2.45, 2.75) is 130 Å². The highest BCUT2D eigenvalue weighted by Gasteiger charge is 2.68. The largest absolute Gasteiger partial charge is 0.462 e. The van der Waals surface area contributed by atoms with E-state index in [0.29, 0.717) is 5.92 Å². The van der Waals surface area contributed by atoms with Gasteiger partial charge in [0.25, 0.3) is 0 Å². The molecule has 4 aliphatic carbocycles. The fourth-order valence-electron chi connectivity index (χ4n) is 10.1. The number of aliphatic hydroxyl groups is 2. The minimum Gasteiger partial charge on any atom is -0.462 e. The van der Waals surface area contributed by atoms with Crippen LogP contribution in [-0.4, -0.2) is 34.0 Å². The molecule has 9 atom stereocenters. The normalized spacial score (nSPS) is 50.9. The third kappa shape index (κ3) is 3.00. The molecule has 34 heavy (non-hydrogen) atoms. The van der Waals surface area contributed by atoms with Gasteiger partial charge in [-0.3, -0.25) is 4.79 Å². The molecule has 0 aromatic carbocycles. The zero-order chi connectivity index (χ0) is 24.9. The van der Waals surface area contributed by atoms with E-state index in [0.717, 1.165) is 64.2 Å². The van der Waals surface area contributed by atoms with Crippen LogP contribution < -0.4 is 0 Å². The van der Waals surface area contributed by atoms with Crippen molar-refractivity contribution < 1.29 is 19.7 Å². The van der Waals surface area contributed by atoms with Crippen molar-refractivity contribution in [1.29, 1.82) is 0 Å². The van der Waals surface area contributed by atoms with Crippen LogP contribution in [0, 0.1) is 39.4 Å². The Balaban J connectivity index is 1.47. The smallest absolute Gasteiger partial charge is 0.309 e. The molecule has 3 fully saturated rings. The number of cyclic esters (lactones) is 1. The van der Waals surface area contributed by atoms with E-state index in [1.54, 1.807) is 11.1 Å². The van der Waals surface area contributed by atoms with Crippen LogP contribution in [0.1, 0.15) is 113 Å². The van der Waals surface area contributed by atoms with E-state index < -0.39 is 5.60 Å². The van der Waals surface area contributed by atoms with Gasteiger partial charge in [0.2, 0.25) is 0 Å². The molecule has 0 amide bonds. The van der Waals surface area contributed by atoms with Crippen LogP contribution >= 0.6 is 0 Å². The van der Waals surface area contributed by atoms with Crippen LogP contribution in [0.25, 0.3) is 0 Å². The van der Waals surface area contributed by atoms with Crippen LogP contribution in [0.3, 0.4) is 0 Å². The van der Waals surface area contributed by atoms with Crippen LogP contribution in [0.2, 0.25) is 0 Å². The van der Waals surface area contributed by atoms with E-state index in [1.165, 1.54) is 0 Å². The van der Waals surface area contributed by atoms with E-state index in [-0.39, 0.29) is 51.7 Å². The Morgan fingerprint density at radius 1 is 1.00 bits per heavy atom. The molecule has 1 saturated heterocycles. The zero-order valence-corrected chi connectivity index (χ0v) is 22.7. The molecule has 5 aliphatic rings. The van der Waals surface area contributed by atoms with Gasteiger partial charge < -0.3 is 14.9 Å². The van der Waals surface area contributed by atoms with Gasteiger partial charge in [0.05, 0.1) is 17.6 Å². The molecule has 0 spiro atoms. The molecule has 5 rings (SSSR count). The van der Waals surface area contributed by atoms with Crippen LogP contribution in [0.5, 0.6) is 0 Å². The number of aliphatic hydroxyl groups excluding tert-OH is 1. The van der Waals surface area contributed by atoms with Gasteiger partial charge in [0, 0.05) is 5.41 Å². The Hall–Kier alpha value is -0.870. The van der Waals surface area contributed by atoms with E-state index >= 15 is 0 Å². The molecule has 1 aliphatic heterocycles. The molecule has 0 aromatic rings. The highest BCUT2D eigenvalue weighted by molar-refractivity contribution is 5.74. The summed E-state index contributed by atoms with van der Waals surface area (Å²) in [6, 6.07) is 0. The summed E-state index contributed by atoms with van der Waals surface area (Å²) < 4.78 is 5.65. The number of rotatable bonds is 3. The number of esters is 1. The molecule has 0 aromatic heterocycles. The van der Waals surface area contributed by atoms with Crippen molar-refractivity contribution in [2.75, 3.05) is 0 Å². The van der Waals surface area contributed by atoms with E-state index in [9.17, 15) is 15.0 Å². The van der Waals surface area contributed by atoms with Gasteiger partial charge >= 0.3 is 5.97 Å². The lowest BCUT2D eigenvalue weighted by atomic mass is 9.43. The summed E-state index contributed by atoms with van der Waals surface area (Å²) in [5.41, 5.74) is 2.56. The van der Waals surface area contributed by atoms with Crippen molar-refractivity contribution >= 4 is 5.97 Å². The Labute approximate surface area is 206 Å². The van der Waals surface area contributed by atoms with Crippen LogP contribution in [-0.2, 0) is 9.53 Å². The van der Waals surface area contributed by atoms with Gasteiger partial charge in [0.15, 0.2) is 0 Å². The molecule has 9 unspecified atom stereocenters. The molecule has 2 saturated carbocycles. The minimum absolute atomic E-state index is 0.0113. The van der Waals surface area contributed by atoms with E-state index in [2.05, 4.69) is 41.5 Å². The van der Waals surface area contributed by atoms with Gasteiger partial charge in [-0.1, -0.05) is 59.6 Å². The summed E-state index contributed by atoms with van der Waals surface area (Å²) in [5, 5.41) is 23.2. The fourth-order valence-corrected chi connectivity index (χ4v) is 10.1. The van der Waals surface area contributed by atoms with Crippen molar-refractivity contribution in [3.63, 3.8) is 0 Å². The van der Waals surface area contributed by atoms with Crippen molar-refractivity contribution in [1.82, 2.24) is 0 Å². The number of hydrogen-bond acceptors (Lipinski definition) is 4. The minimum atomic E-state index is -0.738. The zero-order valence-electron chi connectivity index (χ0n) is 22.7. The lowest BCUT2D eigenvalue weighted by Gasteiger charge is -2.63. The molecule has 4 heteroatoms. The van der Waals surface area contributed by atoms with E-state index in [4.69, 9.17) is 4.74 Å². The SMILES string of the molecule is CC1CC(CC(C)C2(O)CCC3(C)C4=C(CCC32C)C2(C)CCC(O)C(C)(C)C2CC4)OC1=O. The van der Waals surface area contributed by atoms with Crippen molar-refractivity contribution in [2.24, 2.45) is 39.4 Å². The number of hydrogen-bond donors (Lipinski definition) is 2. The van der Waals surface area contributed by atoms with Gasteiger partial charge in [-0.2, -0.15) is 0 Å². The Bertz CT molecular complexity index is 905. The first kappa shape index (κ1) is 24.8. The molecule has 2 N–H and O–H groups in total. The monoisotopic (exact) mass is 472 g/mol. The van der Waals surface area contributed by atoms with Gasteiger partial charge in [-0.25, -0.2) is 0 Å². The highest BCUT2D eigenvalue weighted by Crippen LogP contribution is 2.73. The van der Waals surface area contributed by atoms with Crippen LogP contribution in [0.4, 0.5) is 0 Å². The summed E-state index contributed by atoms with van der Waals surface area (Å²) >= 11 is 0. The first-order chi connectivity index (χ1) is 15.7. The second-order valence-electron chi connectivity index (χ2n) is 14.3. The maximum absolute atomic E-state index is 12.4. The van der Waals surface area contributed by atoms with Gasteiger partial charge in [0.1, 0.15) is 6.10 Å². The molecule has 4 nitrogen and oxygen atoms in total. The summed E-state index contributed by atoms with van der Waals surface area (Å²) in [5.74, 6) is 0.520. The molecule has 192 valence electrons. The van der Waals surface area contributed by atoms with Crippen molar-refractivity contribution in [3.05, 3.63) is 11.1 Å². The summed E-state index contributed by atoms with van der Waals surface area (Å²) in [4.78, 5) is 12.0. The Morgan fingerprint density at radius 2 is 1.71 bits per heavy atom. The summed E-state index contributed by atoms with van der Waals surface area (Å²) in [6.45, 7) is 16.0. The maximum atomic E-state index is 12.4. The maximum Gasteiger partial charge on any atom is 0.309 e. The Morgan fingerprint density at radius 3 is 2.35 bits per heavy atom. The van der Waals surface area contributed by atoms with Crippen molar-refractivity contribution in [3.8, 4) is 0 Å². The Kier molecular flexibility index (Phi) is 5.52. The predicted molar refractivity (Wildman–Crippen MR) is 134 cm³/mol. The second kappa shape index (κ2) is 7.57. The summed E-state index contributed by atoms with van der Waals surface area (Å²) in [6.07, 6.45) is 9.48. The molecule has 0 radical (unpaired) electrons. The lowest BCUT2D eigenvalue weighted by molar-refractivity contribution is -0.152. The lowest BCUT2D eigenvalue weighted by Crippen LogP contribution is -2.58. The van der Waals surface area contributed by atoms with E-state index in [1.807, 2.05) is 6.92 Å². The third-order valence-electron chi connectivity index (χ3n) is 12.7. The topological polar surface area (TPSA) is 66.8 Å². The quantitative estimate of drug-likeness (QED) is 0.380. The predicted octanol–water partition coefficient (Wildman–Crippen LogP) is 6.19. The number of carbonyl (C=O) groups excluding carboxylic acids is 1. The molecule has 0 bridgehead atoms. The first-order valence-electron chi connectivity index (χ1n) is 14.0. The van der Waals surface area contributed by atoms with Gasteiger partial charge in [-0.05, 0) is 92.3 Å².